The van der Waals surface area contributed by atoms with Crippen LogP contribution in [0.15, 0.2) is 39.9 Å². The van der Waals surface area contributed by atoms with Crippen LogP contribution in [0.25, 0.3) is 0 Å². The van der Waals surface area contributed by atoms with E-state index in [4.69, 9.17) is 9.47 Å². The van der Waals surface area contributed by atoms with E-state index in [1.807, 2.05) is 5.38 Å². The molecular weight excluding hydrogens is 446 g/mol. The second-order valence-electron chi connectivity index (χ2n) is 6.75. The van der Waals surface area contributed by atoms with Gasteiger partial charge in [0.1, 0.15) is 13.2 Å². The van der Waals surface area contributed by atoms with Gasteiger partial charge in [-0.05, 0) is 23.6 Å². The third-order valence-corrected chi connectivity index (χ3v) is 8.37. The Kier molecular flexibility index (Phi) is 4.97. The summed E-state index contributed by atoms with van der Waals surface area (Å²) in [6, 6.07) is 6.42. The summed E-state index contributed by atoms with van der Waals surface area (Å²) in [6.45, 7) is 1.39. The lowest BCUT2D eigenvalue weighted by Crippen LogP contribution is -2.35. The molecule has 0 aliphatic carbocycles. The lowest BCUT2D eigenvalue weighted by Gasteiger charge is -2.26. The van der Waals surface area contributed by atoms with Crippen LogP contribution in [-0.4, -0.2) is 43.4 Å². The first-order valence-corrected chi connectivity index (χ1v) is 12.4. The third kappa shape index (κ3) is 3.58. The molecule has 1 amide bonds. The Hall–Kier alpha value is -2.47. The van der Waals surface area contributed by atoms with E-state index >= 15 is 0 Å². The molecule has 2 aliphatic rings. The van der Waals surface area contributed by atoms with Crippen LogP contribution in [-0.2, 0) is 23.0 Å². The number of aromatic nitrogens is 1. The Labute approximate surface area is 181 Å². The molecular formula is C19H17N3O5S3. The van der Waals surface area contributed by atoms with E-state index < -0.39 is 10.0 Å². The molecule has 0 fully saturated rings. The Bertz CT molecular complexity index is 1200. The summed E-state index contributed by atoms with van der Waals surface area (Å²) >= 11 is 2.76. The Morgan fingerprint density at radius 2 is 2.00 bits per heavy atom. The minimum atomic E-state index is -3.70. The number of nitrogens with one attached hydrogen (secondary N) is 1. The standard InChI is InChI=1S/C19H17N3O5S3/c23-18(12-4-8-28-11-12)21-19-20-14-3-5-22(10-17(14)29-19)30(24,25)13-1-2-15-16(9-13)27-7-6-26-15/h1-2,4,8-9,11H,3,5-7,10H2,(H,20,21,23). The van der Waals surface area contributed by atoms with Crippen LogP contribution in [0, 0.1) is 0 Å². The van der Waals surface area contributed by atoms with Crippen LogP contribution in [0.5, 0.6) is 11.5 Å². The summed E-state index contributed by atoms with van der Waals surface area (Å²) < 4.78 is 38.8. The molecule has 2 aromatic heterocycles. The maximum Gasteiger partial charge on any atom is 0.258 e. The Morgan fingerprint density at radius 1 is 1.17 bits per heavy atom. The minimum absolute atomic E-state index is 0.172. The average molecular weight is 464 g/mol. The molecule has 0 saturated carbocycles. The quantitative estimate of drug-likeness (QED) is 0.639. The predicted octanol–water partition coefficient (Wildman–Crippen LogP) is 2.98. The molecule has 0 saturated heterocycles. The zero-order valence-electron chi connectivity index (χ0n) is 15.7. The van der Waals surface area contributed by atoms with Gasteiger partial charge in [-0.1, -0.05) is 0 Å². The number of hydrogen-bond donors (Lipinski definition) is 1. The van der Waals surface area contributed by atoms with Gasteiger partial charge in [0.2, 0.25) is 10.0 Å². The van der Waals surface area contributed by atoms with Crippen molar-refractivity contribution in [2.45, 2.75) is 17.9 Å². The number of benzene rings is 1. The number of fused-ring (bicyclic) bond motifs is 2. The van der Waals surface area contributed by atoms with Crippen molar-refractivity contribution in [1.82, 2.24) is 9.29 Å². The predicted molar refractivity (Wildman–Crippen MR) is 113 cm³/mol. The smallest absolute Gasteiger partial charge is 0.258 e. The number of carbonyl (C=O) groups is 1. The van der Waals surface area contributed by atoms with Crippen LogP contribution in [0.1, 0.15) is 20.9 Å². The molecule has 1 N–H and O–H groups in total. The highest BCUT2D eigenvalue weighted by atomic mass is 32.2. The van der Waals surface area contributed by atoms with Gasteiger partial charge in [-0.25, -0.2) is 13.4 Å². The second-order valence-corrected chi connectivity index (χ2v) is 10.6. The first-order chi connectivity index (χ1) is 14.5. The Balaban J connectivity index is 1.35. The lowest BCUT2D eigenvalue weighted by atomic mass is 10.2. The van der Waals surface area contributed by atoms with Crippen LogP contribution < -0.4 is 14.8 Å². The third-order valence-electron chi connectivity index (χ3n) is 4.85. The van der Waals surface area contributed by atoms with Crippen molar-refractivity contribution in [3.8, 4) is 11.5 Å². The number of ether oxygens (including phenoxy) is 2. The number of amides is 1. The number of sulfonamides is 1. The molecule has 4 heterocycles. The topological polar surface area (TPSA) is 97.8 Å². The summed E-state index contributed by atoms with van der Waals surface area (Å²) in [4.78, 5) is 17.7. The molecule has 0 bridgehead atoms. The largest absolute Gasteiger partial charge is 0.486 e. The van der Waals surface area contributed by atoms with E-state index in [2.05, 4.69) is 10.3 Å². The highest BCUT2D eigenvalue weighted by Gasteiger charge is 2.31. The van der Waals surface area contributed by atoms with Crippen LogP contribution in [0.2, 0.25) is 0 Å². The Morgan fingerprint density at radius 3 is 2.80 bits per heavy atom. The van der Waals surface area contributed by atoms with E-state index in [9.17, 15) is 13.2 Å². The van der Waals surface area contributed by atoms with Gasteiger partial charge in [-0.2, -0.15) is 15.6 Å². The highest BCUT2D eigenvalue weighted by Crippen LogP contribution is 2.35. The van der Waals surface area contributed by atoms with Gasteiger partial charge in [-0.15, -0.1) is 11.3 Å². The van der Waals surface area contributed by atoms with Crippen molar-refractivity contribution >= 4 is 43.7 Å². The maximum atomic E-state index is 13.2. The zero-order chi connectivity index (χ0) is 20.7. The summed E-state index contributed by atoms with van der Waals surface area (Å²) in [7, 11) is -3.70. The molecule has 3 aromatic rings. The van der Waals surface area contributed by atoms with E-state index in [1.165, 1.54) is 39.1 Å². The van der Waals surface area contributed by atoms with Crippen molar-refractivity contribution in [3.05, 3.63) is 51.2 Å². The maximum absolute atomic E-state index is 13.2. The molecule has 11 heteroatoms. The fraction of sp³-hybridized carbons (Fsp3) is 0.263. The van der Waals surface area contributed by atoms with E-state index in [-0.39, 0.29) is 17.3 Å². The van der Waals surface area contributed by atoms with Crippen molar-refractivity contribution in [1.29, 1.82) is 0 Å². The van der Waals surface area contributed by atoms with E-state index in [1.54, 1.807) is 17.5 Å². The van der Waals surface area contributed by atoms with Gasteiger partial charge < -0.3 is 9.47 Å². The van der Waals surface area contributed by atoms with Crippen molar-refractivity contribution in [2.75, 3.05) is 25.1 Å². The minimum Gasteiger partial charge on any atom is -0.486 e. The summed E-state index contributed by atoms with van der Waals surface area (Å²) in [5.74, 6) is 0.772. The first-order valence-electron chi connectivity index (χ1n) is 9.22. The molecule has 0 unspecified atom stereocenters. The van der Waals surface area contributed by atoms with Gasteiger partial charge in [0, 0.05) is 29.3 Å². The molecule has 1 aromatic carbocycles. The van der Waals surface area contributed by atoms with Crippen LogP contribution in [0.3, 0.4) is 0 Å². The monoisotopic (exact) mass is 463 g/mol. The van der Waals surface area contributed by atoms with Crippen LogP contribution in [0.4, 0.5) is 5.13 Å². The van der Waals surface area contributed by atoms with Gasteiger partial charge in [0.15, 0.2) is 16.6 Å². The molecule has 0 radical (unpaired) electrons. The number of thiophene rings is 1. The zero-order valence-corrected chi connectivity index (χ0v) is 18.1. The number of nitrogens with zero attached hydrogens (tertiary/aromatic N) is 2. The molecule has 156 valence electrons. The summed E-state index contributed by atoms with van der Waals surface area (Å²) in [5, 5.41) is 6.88. The SMILES string of the molecule is O=C(Nc1nc2c(s1)CN(S(=O)(=O)c1ccc3c(c1)OCCO3)CC2)c1ccsc1. The van der Waals surface area contributed by atoms with Crippen molar-refractivity contribution in [3.63, 3.8) is 0 Å². The number of anilines is 1. The number of carbonyl (C=O) groups excluding carboxylic acids is 1. The van der Waals surface area contributed by atoms with E-state index in [0.717, 1.165) is 10.6 Å². The fourth-order valence-electron chi connectivity index (χ4n) is 3.33. The first kappa shape index (κ1) is 19.5. The van der Waals surface area contributed by atoms with Crippen molar-refractivity contribution < 1.29 is 22.7 Å². The molecule has 2 aliphatic heterocycles. The van der Waals surface area contributed by atoms with Gasteiger partial charge in [0.05, 0.1) is 22.7 Å². The van der Waals surface area contributed by atoms with Crippen molar-refractivity contribution in [2.24, 2.45) is 0 Å². The normalized spacial score (nSPS) is 16.1. The molecule has 8 nitrogen and oxygen atoms in total. The molecule has 5 rings (SSSR count). The average Bonchev–Trinajstić information content (AvgIpc) is 3.42. The lowest BCUT2D eigenvalue weighted by molar-refractivity contribution is 0.102. The molecule has 0 atom stereocenters. The second kappa shape index (κ2) is 7.65. The number of thiazole rings is 1. The summed E-state index contributed by atoms with van der Waals surface area (Å²) in [5.41, 5.74) is 1.41. The molecule has 30 heavy (non-hydrogen) atoms. The fourth-order valence-corrected chi connectivity index (χ4v) is 6.49. The summed E-state index contributed by atoms with van der Waals surface area (Å²) in [6.07, 6.45) is 0.490. The highest BCUT2D eigenvalue weighted by molar-refractivity contribution is 7.89. The van der Waals surface area contributed by atoms with Gasteiger partial charge in [0.25, 0.3) is 5.91 Å². The number of hydrogen-bond acceptors (Lipinski definition) is 8. The van der Waals surface area contributed by atoms with Gasteiger partial charge in [-0.3, -0.25) is 10.1 Å². The van der Waals surface area contributed by atoms with Crippen LogP contribution >= 0.6 is 22.7 Å². The number of rotatable bonds is 4. The van der Waals surface area contributed by atoms with E-state index in [0.29, 0.717) is 48.4 Å². The van der Waals surface area contributed by atoms with Gasteiger partial charge >= 0.3 is 0 Å². The molecule has 0 spiro atoms.